The number of para-hydroxylation sites is 1. The van der Waals surface area contributed by atoms with Crippen LogP contribution in [-0.2, 0) is 4.74 Å². The minimum atomic E-state index is -0.400. The van der Waals surface area contributed by atoms with E-state index in [0.29, 0.717) is 18.2 Å². The summed E-state index contributed by atoms with van der Waals surface area (Å²) in [7, 11) is 0. The average molecular weight is 424 g/mol. The average Bonchev–Trinajstić information content (AvgIpc) is 3.31. The summed E-state index contributed by atoms with van der Waals surface area (Å²) in [6.07, 6.45) is 0. The first-order valence-electron chi connectivity index (χ1n) is 9.78. The summed E-state index contributed by atoms with van der Waals surface area (Å²) < 4.78 is 14.9. The van der Waals surface area contributed by atoms with E-state index in [0.717, 1.165) is 53.6 Å². The van der Waals surface area contributed by atoms with E-state index in [4.69, 9.17) is 14.5 Å². The van der Waals surface area contributed by atoms with Crippen molar-refractivity contribution in [3.8, 4) is 17.1 Å². The lowest BCUT2D eigenvalue weighted by atomic mass is 10.1. The van der Waals surface area contributed by atoms with Crippen molar-refractivity contribution in [2.75, 3.05) is 39.5 Å². The van der Waals surface area contributed by atoms with E-state index < -0.39 is 4.92 Å². The van der Waals surface area contributed by atoms with Gasteiger partial charge in [-0.05, 0) is 24.3 Å². The minimum absolute atomic E-state index is 0.0556. The number of nitrogens with zero attached hydrogens (tertiary/aromatic N) is 4. The molecule has 4 aromatic rings. The van der Waals surface area contributed by atoms with Gasteiger partial charge in [0.15, 0.2) is 4.96 Å². The largest absolute Gasteiger partial charge is 0.476 e. The zero-order valence-electron chi connectivity index (χ0n) is 16.2. The highest BCUT2D eigenvalue weighted by atomic mass is 32.1. The van der Waals surface area contributed by atoms with Crippen LogP contribution in [0.5, 0.6) is 5.88 Å². The number of nitro groups is 1. The van der Waals surface area contributed by atoms with E-state index in [-0.39, 0.29) is 5.69 Å². The van der Waals surface area contributed by atoms with Crippen molar-refractivity contribution >= 4 is 32.2 Å². The van der Waals surface area contributed by atoms with Crippen LogP contribution in [0.3, 0.4) is 0 Å². The van der Waals surface area contributed by atoms with E-state index >= 15 is 0 Å². The van der Waals surface area contributed by atoms with E-state index in [1.807, 2.05) is 16.5 Å². The van der Waals surface area contributed by atoms with Crippen LogP contribution in [0.15, 0.2) is 48.5 Å². The number of rotatable bonds is 6. The quantitative estimate of drug-likeness (QED) is 0.346. The Morgan fingerprint density at radius 3 is 2.67 bits per heavy atom. The van der Waals surface area contributed by atoms with Gasteiger partial charge in [-0.3, -0.25) is 19.4 Å². The Morgan fingerprint density at radius 2 is 1.90 bits per heavy atom. The van der Waals surface area contributed by atoms with Crippen LogP contribution in [-0.4, -0.2) is 58.7 Å². The number of ether oxygens (including phenoxy) is 2. The predicted molar refractivity (Wildman–Crippen MR) is 115 cm³/mol. The fourth-order valence-corrected chi connectivity index (χ4v) is 4.67. The van der Waals surface area contributed by atoms with Gasteiger partial charge in [0.2, 0.25) is 5.88 Å². The number of fused-ring (bicyclic) bond motifs is 3. The Labute approximate surface area is 176 Å². The first-order valence-corrected chi connectivity index (χ1v) is 10.6. The molecule has 1 aliphatic heterocycles. The van der Waals surface area contributed by atoms with Gasteiger partial charge in [0.25, 0.3) is 5.69 Å². The molecule has 9 heteroatoms. The lowest BCUT2D eigenvalue weighted by Gasteiger charge is -2.26. The number of hydrogen-bond acceptors (Lipinski definition) is 7. The highest BCUT2D eigenvalue weighted by Gasteiger charge is 2.21. The highest BCUT2D eigenvalue weighted by molar-refractivity contribution is 7.23. The third-order valence-electron chi connectivity index (χ3n) is 5.21. The van der Waals surface area contributed by atoms with E-state index in [2.05, 4.69) is 17.0 Å². The molecule has 1 aliphatic rings. The Kier molecular flexibility index (Phi) is 5.07. The molecule has 30 heavy (non-hydrogen) atoms. The van der Waals surface area contributed by atoms with Crippen LogP contribution < -0.4 is 4.74 Å². The Balaban J connectivity index is 1.52. The summed E-state index contributed by atoms with van der Waals surface area (Å²) in [5, 5.41) is 11.0. The second kappa shape index (κ2) is 8.02. The Morgan fingerprint density at radius 1 is 1.13 bits per heavy atom. The molecule has 1 fully saturated rings. The summed E-state index contributed by atoms with van der Waals surface area (Å²) >= 11 is 1.60. The fraction of sp³-hybridized carbons (Fsp3) is 0.286. The van der Waals surface area contributed by atoms with Crippen LogP contribution in [0.4, 0.5) is 5.69 Å². The standard InChI is InChI=1S/C21H20N4O4S/c26-25(27)16-7-5-15(6-8-16)19-20(29-14-11-23-9-12-28-13-10-23)24-17-3-1-2-4-18(17)30-21(24)22-19/h1-8H,9-14H2. The SMILES string of the molecule is O=[N+]([O-])c1ccc(-c2nc3sc4ccccc4n3c2OCCN2CCOCC2)cc1. The van der Waals surface area contributed by atoms with Gasteiger partial charge >= 0.3 is 0 Å². The second-order valence-electron chi connectivity index (χ2n) is 7.06. The second-order valence-corrected chi connectivity index (χ2v) is 8.07. The summed E-state index contributed by atoms with van der Waals surface area (Å²) in [5.41, 5.74) is 2.59. The number of hydrogen-bond donors (Lipinski definition) is 0. The molecule has 5 rings (SSSR count). The maximum absolute atomic E-state index is 11.0. The maximum atomic E-state index is 11.0. The van der Waals surface area contributed by atoms with Gasteiger partial charge in [-0.15, -0.1) is 0 Å². The van der Waals surface area contributed by atoms with Gasteiger partial charge in [0.1, 0.15) is 12.3 Å². The molecule has 1 saturated heterocycles. The first kappa shape index (κ1) is 19.0. The molecule has 0 N–H and O–H groups in total. The summed E-state index contributed by atoms with van der Waals surface area (Å²) in [5.74, 6) is 0.671. The molecule has 8 nitrogen and oxygen atoms in total. The van der Waals surface area contributed by atoms with Crippen molar-refractivity contribution in [1.82, 2.24) is 14.3 Å². The molecule has 0 spiro atoms. The molecule has 2 aromatic carbocycles. The van der Waals surface area contributed by atoms with Crippen molar-refractivity contribution in [1.29, 1.82) is 0 Å². The molecule has 154 valence electrons. The van der Waals surface area contributed by atoms with Crippen molar-refractivity contribution < 1.29 is 14.4 Å². The molecule has 2 aromatic heterocycles. The normalized spacial score (nSPS) is 15.1. The van der Waals surface area contributed by atoms with Crippen molar-refractivity contribution in [2.45, 2.75) is 0 Å². The van der Waals surface area contributed by atoms with Crippen LogP contribution in [0.2, 0.25) is 0 Å². The number of non-ortho nitro benzene ring substituents is 1. The number of benzene rings is 2. The maximum Gasteiger partial charge on any atom is 0.269 e. The van der Waals surface area contributed by atoms with Gasteiger partial charge in [0.05, 0.1) is 28.4 Å². The topological polar surface area (TPSA) is 82.1 Å². The first-order chi connectivity index (χ1) is 14.7. The highest BCUT2D eigenvalue weighted by Crippen LogP contribution is 2.37. The lowest BCUT2D eigenvalue weighted by Crippen LogP contribution is -2.38. The van der Waals surface area contributed by atoms with Gasteiger partial charge in [-0.2, -0.15) is 0 Å². The van der Waals surface area contributed by atoms with Gasteiger partial charge in [-0.25, -0.2) is 4.98 Å². The monoisotopic (exact) mass is 424 g/mol. The lowest BCUT2D eigenvalue weighted by molar-refractivity contribution is -0.384. The fourth-order valence-electron chi connectivity index (χ4n) is 3.65. The third-order valence-corrected chi connectivity index (χ3v) is 6.23. The van der Waals surface area contributed by atoms with E-state index in [9.17, 15) is 10.1 Å². The Bertz CT molecular complexity index is 1200. The van der Waals surface area contributed by atoms with Gasteiger partial charge in [-0.1, -0.05) is 23.5 Å². The van der Waals surface area contributed by atoms with Crippen LogP contribution in [0.25, 0.3) is 26.4 Å². The molecule has 0 atom stereocenters. The van der Waals surface area contributed by atoms with Gasteiger partial charge in [0, 0.05) is 37.3 Å². The van der Waals surface area contributed by atoms with Crippen LogP contribution in [0, 0.1) is 10.1 Å². The molecular weight excluding hydrogens is 404 g/mol. The number of thiazole rings is 1. The van der Waals surface area contributed by atoms with Gasteiger partial charge < -0.3 is 9.47 Å². The zero-order valence-corrected chi connectivity index (χ0v) is 17.0. The molecule has 0 unspecified atom stereocenters. The van der Waals surface area contributed by atoms with Crippen molar-refractivity contribution in [3.05, 3.63) is 58.6 Å². The molecule has 0 radical (unpaired) electrons. The number of aromatic nitrogens is 2. The third kappa shape index (κ3) is 3.51. The summed E-state index contributed by atoms with van der Waals surface area (Å²) in [6, 6.07) is 14.6. The Hall–Kier alpha value is -3.01. The van der Waals surface area contributed by atoms with E-state index in [1.54, 1.807) is 23.5 Å². The number of morpholine rings is 1. The molecule has 0 amide bonds. The summed E-state index contributed by atoms with van der Waals surface area (Å²) in [6.45, 7) is 4.64. The number of nitro benzene ring substituents is 1. The van der Waals surface area contributed by atoms with E-state index in [1.165, 1.54) is 12.1 Å². The molecule has 0 aliphatic carbocycles. The van der Waals surface area contributed by atoms with Crippen LogP contribution in [0.1, 0.15) is 0 Å². The minimum Gasteiger partial charge on any atom is -0.476 e. The predicted octanol–water partition coefficient (Wildman–Crippen LogP) is 3.84. The molecule has 0 bridgehead atoms. The molecular formula is C21H20N4O4S. The molecule has 3 heterocycles. The van der Waals surface area contributed by atoms with Crippen LogP contribution >= 0.6 is 11.3 Å². The smallest absolute Gasteiger partial charge is 0.269 e. The zero-order chi connectivity index (χ0) is 20.5. The number of imidazole rings is 1. The molecule has 0 saturated carbocycles. The van der Waals surface area contributed by atoms with Crippen molar-refractivity contribution in [2.24, 2.45) is 0 Å². The summed E-state index contributed by atoms with van der Waals surface area (Å²) in [4.78, 5) is 18.6. The van der Waals surface area contributed by atoms with Crippen molar-refractivity contribution in [3.63, 3.8) is 0 Å².